The number of Topliss-reactive ketones (excluding diaryl/α,β-unsaturated/α-hetero) is 1. The van der Waals surface area contributed by atoms with E-state index < -0.39 is 129 Å². The zero-order valence-electron chi connectivity index (χ0n) is 48.8. The summed E-state index contributed by atoms with van der Waals surface area (Å²) in [6.45, 7) is 15.8. The van der Waals surface area contributed by atoms with Crippen LogP contribution >= 0.6 is 57.6 Å². The highest BCUT2D eigenvalue weighted by Crippen LogP contribution is 2.50. The fourth-order valence-electron chi connectivity index (χ4n) is 11.7. The average molecular weight is 1310 g/mol. The zero-order valence-corrected chi connectivity index (χ0v) is 53.3. The normalized spacial score (nSPS) is 36.9. The van der Waals surface area contributed by atoms with Crippen LogP contribution < -0.4 is 14.8 Å². The zero-order chi connectivity index (χ0) is 60.2. The van der Waals surface area contributed by atoms with E-state index in [9.17, 15) is 29.4 Å². The van der Waals surface area contributed by atoms with Gasteiger partial charge in [0.1, 0.15) is 23.2 Å². The molecule has 5 heterocycles. The van der Waals surface area contributed by atoms with Gasteiger partial charge in [0.2, 0.25) is 5.91 Å². The lowest BCUT2D eigenvalue weighted by Gasteiger charge is -2.50. The second kappa shape index (κ2) is 27.9. The maximum absolute atomic E-state index is 15.3. The van der Waals surface area contributed by atoms with Gasteiger partial charge in [-0.05, 0) is 109 Å². The van der Waals surface area contributed by atoms with Gasteiger partial charge < -0.3 is 72.7 Å². The summed E-state index contributed by atoms with van der Waals surface area (Å²) in [6, 6.07) is 3.89. The highest BCUT2D eigenvalue weighted by molar-refractivity contribution is 14.1. The second-order valence-corrected chi connectivity index (χ2v) is 25.9. The molecule has 0 aliphatic carbocycles. The Kier molecular flexibility index (Phi) is 23.1. The van der Waals surface area contributed by atoms with Crippen molar-refractivity contribution in [2.75, 3.05) is 66.7 Å². The first-order valence-electron chi connectivity index (χ1n) is 27.1. The predicted molar refractivity (Wildman–Crippen MR) is 311 cm³/mol. The molecule has 1 aromatic heterocycles. The third-order valence-corrected chi connectivity index (χ3v) is 19.8. The smallest absolute Gasteiger partial charge is 0.320 e. The monoisotopic (exact) mass is 1310 g/mol. The van der Waals surface area contributed by atoms with Crippen LogP contribution in [0, 0.1) is 29.6 Å². The number of nitrogens with one attached hydrogen (secondary N) is 1. The van der Waals surface area contributed by atoms with Crippen molar-refractivity contribution in [3.63, 3.8) is 0 Å². The van der Waals surface area contributed by atoms with Crippen LogP contribution in [0.3, 0.4) is 0 Å². The number of rotatable bonds is 17. The van der Waals surface area contributed by atoms with E-state index >= 15 is 4.79 Å². The Hall–Kier alpha value is -3.18. The van der Waals surface area contributed by atoms with Gasteiger partial charge in [0.05, 0.1) is 83.6 Å². The fraction of sp³-hybridized carbons (Fsp3) is 0.714. The maximum atomic E-state index is 15.3. The van der Waals surface area contributed by atoms with Gasteiger partial charge in [-0.2, -0.15) is 0 Å². The number of pyridine rings is 1. The molecule has 0 unspecified atom stereocenters. The molecule has 2 amide bonds. The SMILES string of the molecule is COc1ccc(C(=O)Nc2c(Cl)cncc2Cl)cc1OCCS[C@@H]1C(=O)O[C@@]2(C)[C@H]1[C@@H](C)C(=O)[C@H](C)C[C@@](C)(OC)[C@H](O[C@@H]1O[C@H](C)C[C@H](N(C)C(=O)CN(C)C)[C@H]1O)[C@@H](C)[C@H](O[C@H]1C[C@@](C)(OC)[C@@H](O)[C@H](C)O1)[C@@H](C)C(=O)O[C@@H]2I. The van der Waals surface area contributed by atoms with Crippen LogP contribution in [0.1, 0.15) is 91.9 Å². The van der Waals surface area contributed by atoms with E-state index in [-0.39, 0.29) is 70.5 Å². The van der Waals surface area contributed by atoms with Gasteiger partial charge in [0.25, 0.3) is 5.91 Å². The Balaban J connectivity index is 1.34. The number of benzene rings is 1. The largest absolute Gasteiger partial charge is 0.493 e. The second-order valence-electron chi connectivity index (χ2n) is 22.7. The Morgan fingerprint density at radius 3 is 2.16 bits per heavy atom. The summed E-state index contributed by atoms with van der Waals surface area (Å²) < 4.78 is 62.1. The van der Waals surface area contributed by atoms with Gasteiger partial charge in [-0.15, -0.1) is 11.8 Å². The number of halogens is 3. The van der Waals surface area contributed by atoms with Gasteiger partial charge in [-0.25, -0.2) is 0 Å². The van der Waals surface area contributed by atoms with Crippen molar-refractivity contribution in [2.24, 2.45) is 29.6 Å². The van der Waals surface area contributed by atoms with E-state index in [0.29, 0.717) is 12.2 Å². The molecule has 81 heavy (non-hydrogen) atoms. The van der Waals surface area contributed by atoms with Crippen LogP contribution in [0.4, 0.5) is 5.69 Å². The number of methoxy groups -OCH3 is 3. The minimum atomic E-state index is -1.55. The number of carbonyl (C=O) groups excluding carboxylic acids is 5. The molecule has 0 radical (unpaired) electrons. The van der Waals surface area contributed by atoms with Crippen LogP contribution in [0.2, 0.25) is 10.0 Å². The van der Waals surface area contributed by atoms with Crippen LogP contribution in [0.25, 0.3) is 0 Å². The number of ether oxygens (including phenoxy) is 10. The molecule has 0 saturated carbocycles. The summed E-state index contributed by atoms with van der Waals surface area (Å²) in [5, 5.41) is 25.4. The number of aromatic nitrogens is 1. The number of thioether (sulfide) groups is 1. The first-order valence-corrected chi connectivity index (χ1v) is 30.1. The molecular weight excluding hydrogens is 1230 g/mol. The number of alkyl halides is 1. The Morgan fingerprint density at radius 2 is 1.54 bits per heavy atom. The number of esters is 2. The molecule has 4 fully saturated rings. The number of likely N-dealkylation sites (N-methyl/N-ethyl adjacent to an activating group) is 2. The number of hydrogen-bond donors (Lipinski definition) is 3. The minimum Gasteiger partial charge on any atom is -0.493 e. The maximum Gasteiger partial charge on any atom is 0.320 e. The number of nitrogens with zero attached hydrogens (tertiary/aromatic N) is 3. The summed E-state index contributed by atoms with van der Waals surface area (Å²) in [6.07, 6.45) is -5.20. The highest BCUT2D eigenvalue weighted by atomic mass is 127. The van der Waals surface area contributed by atoms with Crippen LogP contribution in [0.5, 0.6) is 11.5 Å². The quantitative estimate of drug-likeness (QED) is 0.0634. The fourth-order valence-corrected chi connectivity index (χ4v) is 14.3. The van der Waals surface area contributed by atoms with Crippen molar-refractivity contribution in [3.05, 3.63) is 46.2 Å². The van der Waals surface area contributed by atoms with Gasteiger partial charge in [0, 0.05) is 75.1 Å². The molecular formula is C56H81Cl2IN4O17S. The third kappa shape index (κ3) is 14.9. The van der Waals surface area contributed by atoms with E-state index in [1.54, 1.807) is 93.6 Å². The van der Waals surface area contributed by atoms with Gasteiger partial charge in [-0.3, -0.25) is 29.0 Å². The van der Waals surface area contributed by atoms with Gasteiger partial charge in [-0.1, -0.05) is 44.0 Å². The number of aliphatic hydroxyl groups is 2. The number of aliphatic hydroxyl groups excluding tert-OH is 2. The van der Waals surface area contributed by atoms with E-state index in [4.69, 9.17) is 70.6 Å². The minimum absolute atomic E-state index is 0.0148. The predicted octanol–water partition coefficient (Wildman–Crippen LogP) is 6.84. The van der Waals surface area contributed by atoms with E-state index in [0.717, 1.165) is 0 Å². The number of carbonyl (C=O) groups is 5. The van der Waals surface area contributed by atoms with Crippen LogP contribution in [-0.4, -0.2) is 197 Å². The van der Waals surface area contributed by atoms with E-state index in [1.165, 1.54) is 56.5 Å². The first-order chi connectivity index (χ1) is 37.9. The Morgan fingerprint density at radius 1 is 0.889 bits per heavy atom. The van der Waals surface area contributed by atoms with Crippen LogP contribution in [0.15, 0.2) is 30.6 Å². The third-order valence-electron chi connectivity index (χ3n) is 16.5. The summed E-state index contributed by atoms with van der Waals surface area (Å²) in [5.41, 5.74) is -3.68. The molecule has 4 aliphatic rings. The van der Waals surface area contributed by atoms with Crippen LogP contribution in [-0.2, 0) is 57.1 Å². The molecule has 454 valence electrons. The lowest BCUT2D eigenvalue weighted by Crippen LogP contribution is -2.62. The number of cyclic esters (lactones) is 1. The molecule has 19 atom stereocenters. The van der Waals surface area contributed by atoms with Gasteiger partial charge in [0.15, 0.2) is 33.8 Å². The van der Waals surface area contributed by atoms with Crippen molar-refractivity contribution in [1.29, 1.82) is 0 Å². The topological polar surface area (TPSA) is 250 Å². The van der Waals surface area contributed by atoms with Crippen molar-refractivity contribution < 1.29 is 81.6 Å². The molecule has 3 N–H and O–H groups in total. The standard InChI is InChI=1S/C56H81Cl2IN4O17S/c1-27-22-55(8,73-15)48(78-52-44(66)36(20-28(2)75-52)63(12)39(64)26-62(10)11)30(4)45(77-40-23-54(7,72-14)47(67)32(6)76-40)31(5)50(69)79-53(59)56(9)41(29(3)43(27)65)46(51(70)80-56)81-19-18-74-38-21-33(16-17-37(38)71-13)49(68)61-42-34(57)24-60-25-35(42)58/h16-17,21,24-25,27-32,36,40-41,44-48,52-53,66-67H,18-20,22-23,26H2,1-15H3,(H,60,61,68)/t27-,28-,29-,30+,31-,32+,36+,40+,41+,44-,45+,46+,47+,48-,52+,53+,54-,55-,56+/m1/s1. The molecule has 2 aromatic rings. The summed E-state index contributed by atoms with van der Waals surface area (Å²) >= 11 is 15.7. The molecule has 21 nitrogen and oxygen atoms in total. The number of ketones is 1. The molecule has 6 rings (SSSR count). The lowest BCUT2D eigenvalue weighted by atomic mass is 9.72. The van der Waals surface area contributed by atoms with Crippen molar-refractivity contribution in [3.8, 4) is 11.5 Å². The van der Waals surface area contributed by atoms with E-state index in [1.807, 2.05) is 29.5 Å². The molecule has 0 bridgehead atoms. The number of fused-ring (bicyclic) bond motifs is 1. The number of amides is 2. The molecule has 1 aromatic carbocycles. The van der Waals surface area contributed by atoms with Crippen molar-refractivity contribution in [2.45, 2.75) is 163 Å². The summed E-state index contributed by atoms with van der Waals surface area (Å²) in [7, 11) is 9.61. The highest BCUT2D eigenvalue weighted by Gasteiger charge is 2.62. The lowest BCUT2D eigenvalue weighted by molar-refractivity contribution is -0.319. The van der Waals surface area contributed by atoms with E-state index in [2.05, 4.69) is 10.3 Å². The Labute approximate surface area is 503 Å². The molecule has 0 spiro atoms. The van der Waals surface area contributed by atoms with Gasteiger partial charge >= 0.3 is 11.9 Å². The number of hydrogen-bond acceptors (Lipinski definition) is 20. The average Bonchev–Trinajstić information content (AvgIpc) is 3.69. The summed E-state index contributed by atoms with van der Waals surface area (Å²) in [5.74, 6) is -6.09. The van der Waals surface area contributed by atoms with Crippen molar-refractivity contribution in [1.82, 2.24) is 14.8 Å². The summed E-state index contributed by atoms with van der Waals surface area (Å²) in [4.78, 5) is 78.6. The van der Waals surface area contributed by atoms with Crippen molar-refractivity contribution >= 4 is 92.8 Å². The molecule has 4 aliphatic heterocycles. The first kappa shape index (κ1) is 67.0. The molecule has 4 saturated heterocycles. The Bertz CT molecular complexity index is 2540. The molecule has 25 heteroatoms. The number of anilines is 1.